The first-order valence-electron chi connectivity index (χ1n) is 5.66. The topological polar surface area (TPSA) is 20.2 Å². The molecule has 90 valence electrons. The van der Waals surface area contributed by atoms with E-state index in [0.717, 1.165) is 23.1 Å². The van der Waals surface area contributed by atoms with Crippen LogP contribution in [0.5, 0.6) is 0 Å². The van der Waals surface area contributed by atoms with Gasteiger partial charge in [0.15, 0.2) is 0 Å². The van der Waals surface area contributed by atoms with Gasteiger partial charge in [-0.05, 0) is 18.1 Å². The van der Waals surface area contributed by atoms with Gasteiger partial charge < -0.3 is 5.11 Å². The number of aliphatic hydroxyl groups is 1. The van der Waals surface area contributed by atoms with Gasteiger partial charge in [-0.25, -0.2) is 0 Å². The third-order valence-corrected chi connectivity index (χ3v) is 4.81. The van der Waals surface area contributed by atoms with Crippen LogP contribution in [0, 0.1) is 0 Å². The third-order valence-electron chi connectivity index (χ3n) is 2.56. The van der Waals surface area contributed by atoms with Crippen LogP contribution in [0.4, 0.5) is 0 Å². The van der Waals surface area contributed by atoms with Crippen LogP contribution in [0.2, 0.25) is 0 Å². The Labute approximate surface area is 111 Å². The van der Waals surface area contributed by atoms with Crippen molar-refractivity contribution in [2.24, 2.45) is 0 Å². The number of halogens is 1. The summed E-state index contributed by atoms with van der Waals surface area (Å²) in [6.07, 6.45) is 1.63. The van der Waals surface area contributed by atoms with E-state index in [2.05, 4.69) is 35.8 Å². The molecule has 1 N–H and O–H groups in total. The first-order chi connectivity index (χ1) is 7.63. The molecule has 2 atom stereocenters. The molecule has 0 amide bonds. The van der Waals surface area contributed by atoms with Crippen LogP contribution in [0.3, 0.4) is 0 Å². The summed E-state index contributed by atoms with van der Waals surface area (Å²) in [7, 11) is 0. The van der Waals surface area contributed by atoms with E-state index in [-0.39, 0.29) is 6.10 Å². The van der Waals surface area contributed by atoms with Gasteiger partial charge >= 0.3 is 0 Å². The Morgan fingerprint density at radius 1 is 1.38 bits per heavy atom. The fourth-order valence-corrected chi connectivity index (χ4v) is 2.72. The molecule has 1 aromatic rings. The Kier molecular flexibility index (Phi) is 6.47. The predicted molar refractivity (Wildman–Crippen MR) is 76.1 cm³/mol. The van der Waals surface area contributed by atoms with Crippen molar-refractivity contribution in [3.05, 3.63) is 34.3 Å². The van der Waals surface area contributed by atoms with Crippen molar-refractivity contribution in [3.8, 4) is 0 Å². The van der Waals surface area contributed by atoms with Crippen LogP contribution >= 0.6 is 27.7 Å². The van der Waals surface area contributed by atoms with Gasteiger partial charge in [0.05, 0.1) is 6.10 Å². The summed E-state index contributed by atoms with van der Waals surface area (Å²) in [4.78, 5) is 0. The van der Waals surface area contributed by atoms with Gasteiger partial charge in [-0.1, -0.05) is 48.0 Å². The lowest BCUT2D eigenvalue weighted by Gasteiger charge is -2.14. The number of aliphatic hydroxyl groups excluding tert-OH is 1. The van der Waals surface area contributed by atoms with Gasteiger partial charge in [-0.3, -0.25) is 0 Å². The first kappa shape index (κ1) is 14.1. The van der Waals surface area contributed by atoms with Crippen molar-refractivity contribution in [1.82, 2.24) is 0 Å². The third kappa shape index (κ3) is 4.89. The molecule has 1 aromatic carbocycles. The lowest BCUT2D eigenvalue weighted by molar-refractivity contribution is 0.200. The van der Waals surface area contributed by atoms with Crippen LogP contribution in [-0.4, -0.2) is 22.2 Å². The summed E-state index contributed by atoms with van der Waals surface area (Å²) in [5.74, 6) is 0.816. The lowest BCUT2D eigenvalue weighted by atomic mass is 10.1. The Morgan fingerprint density at radius 2 is 2.06 bits per heavy atom. The minimum absolute atomic E-state index is 0.252. The number of hydrogen-bond acceptors (Lipinski definition) is 2. The highest BCUT2D eigenvalue weighted by molar-refractivity contribution is 9.10. The summed E-state index contributed by atoms with van der Waals surface area (Å²) >= 11 is 5.34. The molecule has 0 aromatic heterocycles. The molecule has 2 unspecified atom stereocenters. The van der Waals surface area contributed by atoms with Crippen molar-refractivity contribution < 1.29 is 5.11 Å². The van der Waals surface area contributed by atoms with E-state index in [0.29, 0.717) is 5.25 Å². The summed E-state index contributed by atoms with van der Waals surface area (Å²) in [5.41, 5.74) is 1.18. The Balaban J connectivity index is 2.40. The molecule has 0 aliphatic rings. The van der Waals surface area contributed by atoms with E-state index >= 15 is 0 Å². The first-order valence-corrected chi connectivity index (χ1v) is 7.50. The van der Waals surface area contributed by atoms with Gasteiger partial charge in [0.1, 0.15) is 0 Å². The van der Waals surface area contributed by atoms with E-state index in [1.54, 1.807) is 0 Å². The quantitative estimate of drug-likeness (QED) is 0.860. The van der Waals surface area contributed by atoms with Crippen LogP contribution in [0.15, 0.2) is 28.7 Å². The Morgan fingerprint density at radius 3 is 2.69 bits per heavy atom. The smallest absolute Gasteiger partial charge is 0.0671 e. The monoisotopic (exact) mass is 302 g/mol. The lowest BCUT2D eigenvalue weighted by Crippen LogP contribution is -2.15. The Bertz CT molecular complexity index is 317. The fraction of sp³-hybridized carbons (Fsp3) is 0.538. The standard InChI is InChI=1S/C13H19BrOS/c1-3-10(2)16-9-12(15)8-11-6-4-5-7-13(11)14/h4-7,10,12,15H,3,8-9H2,1-2H3. The van der Waals surface area contributed by atoms with Gasteiger partial charge in [0.2, 0.25) is 0 Å². The van der Waals surface area contributed by atoms with Crippen LogP contribution in [-0.2, 0) is 6.42 Å². The van der Waals surface area contributed by atoms with Crippen LogP contribution in [0.25, 0.3) is 0 Å². The maximum absolute atomic E-state index is 9.93. The number of hydrogen-bond donors (Lipinski definition) is 1. The van der Waals surface area contributed by atoms with E-state index in [4.69, 9.17) is 0 Å². The molecule has 0 spiro atoms. The molecule has 1 rings (SSSR count). The second-order valence-corrected chi connectivity index (χ2v) is 6.33. The number of rotatable bonds is 6. The molecule has 0 bridgehead atoms. The molecule has 0 radical (unpaired) electrons. The second kappa shape index (κ2) is 7.36. The highest BCUT2D eigenvalue weighted by Crippen LogP contribution is 2.20. The largest absolute Gasteiger partial charge is 0.392 e. The SMILES string of the molecule is CCC(C)SCC(O)Cc1ccccc1Br. The summed E-state index contributed by atoms with van der Waals surface area (Å²) in [6, 6.07) is 8.08. The van der Waals surface area contributed by atoms with Gasteiger partial charge in [-0.2, -0.15) is 11.8 Å². The zero-order valence-electron chi connectivity index (χ0n) is 9.82. The van der Waals surface area contributed by atoms with Crippen molar-refractivity contribution in [3.63, 3.8) is 0 Å². The number of thioether (sulfide) groups is 1. The van der Waals surface area contributed by atoms with Gasteiger partial charge in [-0.15, -0.1) is 0 Å². The minimum atomic E-state index is -0.252. The van der Waals surface area contributed by atoms with E-state index in [9.17, 15) is 5.11 Å². The zero-order valence-corrected chi connectivity index (χ0v) is 12.2. The minimum Gasteiger partial charge on any atom is -0.392 e. The maximum Gasteiger partial charge on any atom is 0.0671 e. The number of benzene rings is 1. The molecule has 0 aliphatic carbocycles. The van der Waals surface area contributed by atoms with E-state index in [1.165, 1.54) is 5.56 Å². The molecule has 0 aliphatic heterocycles. The maximum atomic E-state index is 9.93. The summed E-state index contributed by atoms with van der Waals surface area (Å²) < 4.78 is 1.09. The highest BCUT2D eigenvalue weighted by atomic mass is 79.9. The average Bonchev–Trinajstić information content (AvgIpc) is 2.29. The van der Waals surface area contributed by atoms with E-state index < -0.39 is 0 Å². The van der Waals surface area contributed by atoms with Crippen molar-refractivity contribution in [2.45, 2.75) is 38.0 Å². The van der Waals surface area contributed by atoms with Crippen molar-refractivity contribution >= 4 is 27.7 Å². The van der Waals surface area contributed by atoms with Gasteiger partial charge in [0.25, 0.3) is 0 Å². The van der Waals surface area contributed by atoms with E-state index in [1.807, 2.05) is 30.0 Å². The molecule has 0 heterocycles. The Hall–Kier alpha value is 0.01000. The normalized spacial score (nSPS) is 14.8. The highest BCUT2D eigenvalue weighted by Gasteiger charge is 2.09. The van der Waals surface area contributed by atoms with Crippen LogP contribution in [0.1, 0.15) is 25.8 Å². The predicted octanol–water partition coefficient (Wildman–Crippen LogP) is 3.88. The van der Waals surface area contributed by atoms with Gasteiger partial charge in [0, 0.05) is 21.9 Å². The molecule has 0 saturated heterocycles. The fourth-order valence-electron chi connectivity index (χ4n) is 1.37. The molecule has 16 heavy (non-hydrogen) atoms. The molecule has 3 heteroatoms. The van der Waals surface area contributed by atoms with Crippen molar-refractivity contribution in [1.29, 1.82) is 0 Å². The second-order valence-electron chi connectivity index (χ2n) is 4.00. The molecular weight excluding hydrogens is 284 g/mol. The molecule has 0 fully saturated rings. The van der Waals surface area contributed by atoms with Crippen molar-refractivity contribution in [2.75, 3.05) is 5.75 Å². The molecular formula is C13H19BrOS. The summed E-state index contributed by atoms with van der Waals surface area (Å²) in [5, 5.41) is 10.6. The summed E-state index contributed by atoms with van der Waals surface area (Å²) in [6.45, 7) is 4.38. The average molecular weight is 303 g/mol. The molecule has 1 nitrogen and oxygen atoms in total. The molecule has 0 saturated carbocycles. The van der Waals surface area contributed by atoms with Crippen LogP contribution < -0.4 is 0 Å². The zero-order chi connectivity index (χ0) is 12.0.